The van der Waals surface area contributed by atoms with Crippen LogP contribution in [0, 0.1) is 17.5 Å². The fourth-order valence-electron chi connectivity index (χ4n) is 2.06. The number of hydrogen-bond acceptors (Lipinski definition) is 2. The lowest BCUT2D eigenvalue weighted by Crippen LogP contribution is -2.49. The van der Waals surface area contributed by atoms with Gasteiger partial charge in [0.15, 0.2) is 11.6 Å². The van der Waals surface area contributed by atoms with Crippen LogP contribution in [0.4, 0.5) is 13.2 Å². The molecule has 1 atom stereocenters. The molecule has 1 heterocycles. The minimum atomic E-state index is -1.12. The van der Waals surface area contributed by atoms with E-state index in [-0.39, 0.29) is 18.2 Å². The highest BCUT2D eigenvalue weighted by Gasteiger charge is 2.20. The summed E-state index contributed by atoms with van der Waals surface area (Å²) >= 11 is 0. The summed E-state index contributed by atoms with van der Waals surface area (Å²) in [7, 11) is 0. The largest absolute Gasteiger partial charge is 0.314 e. The van der Waals surface area contributed by atoms with Gasteiger partial charge in [-0.2, -0.15) is 0 Å². The van der Waals surface area contributed by atoms with Gasteiger partial charge in [0.25, 0.3) is 0 Å². The number of piperazine rings is 1. The van der Waals surface area contributed by atoms with Gasteiger partial charge in [0, 0.05) is 43.9 Å². The number of hydrogen-bond donors (Lipinski definition) is 1. The van der Waals surface area contributed by atoms with Crippen LogP contribution in [0.15, 0.2) is 12.1 Å². The van der Waals surface area contributed by atoms with E-state index in [0.29, 0.717) is 6.07 Å². The molecule has 5 heteroatoms. The Morgan fingerprint density at radius 3 is 2.82 bits per heavy atom. The monoisotopic (exact) mass is 244 g/mol. The SMILES string of the molecule is CC1CNCCN1Cc1cc(F)cc(F)c1F. The third-order valence-corrected chi connectivity index (χ3v) is 3.08. The number of rotatable bonds is 2. The average Bonchev–Trinajstić information content (AvgIpc) is 2.28. The highest BCUT2D eigenvalue weighted by Crippen LogP contribution is 2.17. The number of halogens is 3. The Kier molecular flexibility index (Phi) is 3.69. The van der Waals surface area contributed by atoms with Crippen molar-refractivity contribution in [2.75, 3.05) is 19.6 Å². The van der Waals surface area contributed by atoms with Crippen molar-refractivity contribution in [1.82, 2.24) is 10.2 Å². The van der Waals surface area contributed by atoms with Gasteiger partial charge in [-0.25, -0.2) is 13.2 Å². The van der Waals surface area contributed by atoms with Crippen molar-refractivity contribution in [3.63, 3.8) is 0 Å². The molecule has 0 amide bonds. The fraction of sp³-hybridized carbons (Fsp3) is 0.500. The standard InChI is InChI=1S/C12H15F3N2/c1-8-6-16-2-3-17(8)7-9-4-10(13)5-11(14)12(9)15/h4-5,8,16H,2-3,6-7H2,1H3. The molecule has 1 aliphatic rings. The van der Waals surface area contributed by atoms with E-state index >= 15 is 0 Å². The summed E-state index contributed by atoms with van der Waals surface area (Å²) in [4.78, 5) is 2.01. The summed E-state index contributed by atoms with van der Waals surface area (Å²) < 4.78 is 39.5. The number of nitrogens with one attached hydrogen (secondary N) is 1. The van der Waals surface area contributed by atoms with Crippen molar-refractivity contribution in [2.24, 2.45) is 0 Å². The van der Waals surface area contributed by atoms with Crippen molar-refractivity contribution in [3.8, 4) is 0 Å². The van der Waals surface area contributed by atoms with Crippen LogP contribution in [-0.2, 0) is 6.54 Å². The van der Waals surface area contributed by atoms with Gasteiger partial charge in [0.1, 0.15) is 5.82 Å². The topological polar surface area (TPSA) is 15.3 Å². The van der Waals surface area contributed by atoms with Crippen LogP contribution in [0.25, 0.3) is 0 Å². The molecule has 1 N–H and O–H groups in total. The molecule has 1 aliphatic heterocycles. The maximum Gasteiger partial charge on any atom is 0.163 e. The maximum atomic E-state index is 13.5. The molecule has 0 radical (unpaired) electrons. The maximum absolute atomic E-state index is 13.5. The van der Waals surface area contributed by atoms with Gasteiger partial charge >= 0.3 is 0 Å². The Labute approximate surface area is 98.4 Å². The third-order valence-electron chi connectivity index (χ3n) is 3.08. The Morgan fingerprint density at radius 2 is 2.12 bits per heavy atom. The Morgan fingerprint density at radius 1 is 1.35 bits per heavy atom. The van der Waals surface area contributed by atoms with Gasteiger partial charge in [-0.05, 0) is 13.0 Å². The molecule has 0 saturated carbocycles. The average molecular weight is 244 g/mol. The van der Waals surface area contributed by atoms with Crippen LogP contribution >= 0.6 is 0 Å². The van der Waals surface area contributed by atoms with Crippen LogP contribution in [0.1, 0.15) is 12.5 Å². The predicted molar refractivity (Wildman–Crippen MR) is 59.1 cm³/mol. The lowest BCUT2D eigenvalue weighted by atomic mass is 10.1. The highest BCUT2D eigenvalue weighted by atomic mass is 19.2. The highest BCUT2D eigenvalue weighted by molar-refractivity contribution is 5.20. The summed E-state index contributed by atoms with van der Waals surface area (Å²) in [6.07, 6.45) is 0. The van der Waals surface area contributed by atoms with Gasteiger partial charge in [-0.15, -0.1) is 0 Å². The smallest absolute Gasteiger partial charge is 0.163 e. The van der Waals surface area contributed by atoms with Crippen LogP contribution < -0.4 is 5.32 Å². The lowest BCUT2D eigenvalue weighted by Gasteiger charge is -2.33. The quantitative estimate of drug-likeness (QED) is 0.799. The van der Waals surface area contributed by atoms with Crippen LogP contribution in [0.3, 0.4) is 0 Å². The van der Waals surface area contributed by atoms with Crippen molar-refractivity contribution in [3.05, 3.63) is 35.1 Å². The molecule has 0 aliphatic carbocycles. The molecule has 1 fully saturated rings. The van der Waals surface area contributed by atoms with Gasteiger partial charge in [-0.1, -0.05) is 0 Å². The molecule has 1 saturated heterocycles. The Bertz CT molecular complexity index is 409. The second-order valence-electron chi connectivity index (χ2n) is 4.38. The van der Waals surface area contributed by atoms with Gasteiger partial charge in [-0.3, -0.25) is 4.90 Å². The first kappa shape index (κ1) is 12.4. The molecule has 17 heavy (non-hydrogen) atoms. The van der Waals surface area contributed by atoms with Crippen LogP contribution in [-0.4, -0.2) is 30.6 Å². The minimum Gasteiger partial charge on any atom is -0.314 e. The predicted octanol–water partition coefficient (Wildman–Crippen LogP) is 1.90. The molecular weight excluding hydrogens is 229 g/mol. The second-order valence-corrected chi connectivity index (χ2v) is 4.38. The summed E-state index contributed by atoms with van der Waals surface area (Å²) in [5.41, 5.74) is 0.0799. The third kappa shape index (κ3) is 2.79. The van der Waals surface area contributed by atoms with Crippen molar-refractivity contribution in [1.29, 1.82) is 0 Å². The van der Waals surface area contributed by atoms with Crippen LogP contribution in [0.2, 0.25) is 0 Å². The van der Waals surface area contributed by atoms with Gasteiger partial charge in [0.05, 0.1) is 0 Å². The first-order valence-corrected chi connectivity index (χ1v) is 5.66. The lowest BCUT2D eigenvalue weighted by molar-refractivity contribution is 0.163. The molecular formula is C12H15F3N2. The minimum absolute atomic E-state index is 0.0799. The van der Waals surface area contributed by atoms with Gasteiger partial charge < -0.3 is 5.32 Å². The molecule has 1 unspecified atom stereocenters. The summed E-state index contributed by atoms with van der Waals surface area (Å²) in [5.74, 6) is -2.80. The fourth-order valence-corrected chi connectivity index (χ4v) is 2.06. The number of benzene rings is 1. The van der Waals surface area contributed by atoms with E-state index in [4.69, 9.17) is 0 Å². The molecule has 0 bridgehead atoms. The Hall–Kier alpha value is -1.07. The van der Waals surface area contributed by atoms with E-state index < -0.39 is 17.5 Å². The number of nitrogens with zero attached hydrogens (tertiary/aromatic N) is 1. The van der Waals surface area contributed by atoms with E-state index in [9.17, 15) is 13.2 Å². The molecule has 1 aromatic carbocycles. The summed E-state index contributed by atoms with van der Waals surface area (Å²) in [5, 5.41) is 3.20. The zero-order chi connectivity index (χ0) is 12.4. The van der Waals surface area contributed by atoms with E-state index in [1.165, 1.54) is 0 Å². The van der Waals surface area contributed by atoms with Crippen molar-refractivity contribution < 1.29 is 13.2 Å². The summed E-state index contributed by atoms with van der Waals surface area (Å²) in [6, 6.07) is 1.86. The molecule has 0 aromatic heterocycles. The molecule has 94 valence electrons. The van der Waals surface area contributed by atoms with E-state index in [1.807, 2.05) is 11.8 Å². The zero-order valence-corrected chi connectivity index (χ0v) is 9.64. The molecule has 2 nitrogen and oxygen atoms in total. The van der Waals surface area contributed by atoms with E-state index in [2.05, 4.69) is 5.32 Å². The Balaban J connectivity index is 2.17. The van der Waals surface area contributed by atoms with Crippen LogP contribution in [0.5, 0.6) is 0 Å². The molecule has 1 aromatic rings. The molecule has 0 spiro atoms. The normalized spacial score (nSPS) is 21.8. The van der Waals surface area contributed by atoms with E-state index in [0.717, 1.165) is 25.7 Å². The van der Waals surface area contributed by atoms with Crippen molar-refractivity contribution in [2.45, 2.75) is 19.5 Å². The molecule has 2 rings (SSSR count). The first-order chi connectivity index (χ1) is 8.08. The van der Waals surface area contributed by atoms with E-state index in [1.54, 1.807) is 0 Å². The summed E-state index contributed by atoms with van der Waals surface area (Å²) in [6.45, 7) is 4.60. The second kappa shape index (κ2) is 5.06. The first-order valence-electron chi connectivity index (χ1n) is 5.66. The zero-order valence-electron chi connectivity index (χ0n) is 9.64. The van der Waals surface area contributed by atoms with Gasteiger partial charge in [0.2, 0.25) is 0 Å². The van der Waals surface area contributed by atoms with Crippen molar-refractivity contribution >= 4 is 0 Å².